The zero-order chi connectivity index (χ0) is 13.7. The van der Waals surface area contributed by atoms with Gasteiger partial charge in [-0.15, -0.1) is 0 Å². The molecule has 2 atom stereocenters. The van der Waals surface area contributed by atoms with Crippen molar-refractivity contribution in [1.82, 2.24) is 20.1 Å². The van der Waals surface area contributed by atoms with Crippen LogP contribution in [-0.2, 0) is 13.1 Å². The molecule has 0 aliphatic heterocycles. The molecule has 4 heteroatoms. The molecule has 1 aliphatic carbocycles. The number of hydrogen-bond donors (Lipinski definition) is 1. The van der Waals surface area contributed by atoms with Crippen LogP contribution in [0.15, 0.2) is 6.33 Å². The summed E-state index contributed by atoms with van der Waals surface area (Å²) in [7, 11) is 0. The van der Waals surface area contributed by atoms with E-state index < -0.39 is 0 Å². The molecule has 1 saturated carbocycles. The van der Waals surface area contributed by atoms with Crippen LogP contribution in [0.25, 0.3) is 0 Å². The van der Waals surface area contributed by atoms with Crippen molar-refractivity contribution in [2.75, 3.05) is 0 Å². The summed E-state index contributed by atoms with van der Waals surface area (Å²) in [5, 5.41) is 8.02. The van der Waals surface area contributed by atoms with E-state index in [-0.39, 0.29) is 0 Å². The first kappa shape index (κ1) is 14.5. The Morgan fingerprint density at radius 2 is 2.16 bits per heavy atom. The number of nitrogens with one attached hydrogen (secondary N) is 1. The highest BCUT2D eigenvalue weighted by molar-refractivity contribution is 4.88. The van der Waals surface area contributed by atoms with Gasteiger partial charge in [-0.05, 0) is 31.1 Å². The Hall–Kier alpha value is -0.900. The van der Waals surface area contributed by atoms with E-state index >= 15 is 0 Å². The molecule has 1 N–H and O–H groups in total. The van der Waals surface area contributed by atoms with E-state index in [4.69, 9.17) is 0 Å². The lowest BCUT2D eigenvalue weighted by Gasteiger charge is -2.35. The maximum atomic E-state index is 4.38. The molecule has 1 heterocycles. The average Bonchev–Trinajstić information content (AvgIpc) is 2.84. The molecule has 0 radical (unpaired) electrons. The Balaban J connectivity index is 1.91. The predicted molar refractivity (Wildman–Crippen MR) is 77.7 cm³/mol. The highest BCUT2D eigenvalue weighted by Crippen LogP contribution is 2.30. The van der Waals surface area contributed by atoms with Crippen molar-refractivity contribution in [2.45, 2.75) is 72.0 Å². The minimum absolute atomic E-state index is 0.653. The highest BCUT2D eigenvalue weighted by atomic mass is 15.3. The molecule has 108 valence electrons. The van der Waals surface area contributed by atoms with Crippen LogP contribution in [0.1, 0.15) is 58.7 Å². The lowest BCUT2D eigenvalue weighted by molar-refractivity contribution is 0.203. The molecule has 2 rings (SSSR count). The van der Waals surface area contributed by atoms with Crippen molar-refractivity contribution in [3.63, 3.8) is 0 Å². The second-order valence-electron chi connectivity index (χ2n) is 6.08. The Kier molecular flexibility index (Phi) is 5.37. The van der Waals surface area contributed by atoms with Crippen LogP contribution in [-0.4, -0.2) is 20.8 Å². The normalized spacial score (nSPS) is 24.0. The molecule has 0 spiro atoms. The van der Waals surface area contributed by atoms with Crippen LogP contribution >= 0.6 is 0 Å². The second kappa shape index (κ2) is 7.04. The fraction of sp³-hybridized carbons (Fsp3) is 0.867. The summed E-state index contributed by atoms with van der Waals surface area (Å²) in [5.41, 5.74) is 0. The summed E-state index contributed by atoms with van der Waals surface area (Å²) in [6.07, 6.45) is 8.22. The van der Waals surface area contributed by atoms with E-state index in [9.17, 15) is 0 Å². The van der Waals surface area contributed by atoms with Gasteiger partial charge in [0.25, 0.3) is 0 Å². The van der Waals surface area contributed by atoms with Gasteiger partial charge in [0.1, 0.15) is 12.2 Å². The van der Waals surface area contributed by atoms with Gasteiger partial charge < -0.3 is 5.32 Å². The fourth-order valence-corrected chi connectivity index (χ4v) is 3.26. The molecule has 19 heavy (non-hydrogen) atoms. The summed E-state index contributed by atoms with van der Waals surface area (Å²) < 4.78 is 2.03. The van der Waals surface area contributed by atoms with Crippen molar-refractivity contribution in [2.24, 2.45) is 11.8 Å². The molecule has 2 unspecified atom stereocenters. The second-order valence-corrected chi connectivity index (χ2v) is 6.08. The first-order valence-corrected chi connectivity index (χ1v) is 7.82. The van der Waals surface area contributed by atoms with E-state index in [2.05, 4.69) is 36.2 Å². The topological polar surface area (TPSA) is 42.7 Å². The largest absolute Gasteiger partial charge is 0.307 e. The van der Waals surface area contributed by atoms with Crippen LogP contribution in [0.3, 0.4) is 0 Å². The van der Waals surface area contributed by atoms with Gasteiger partial charge in [0, 0.05) is 12.6 Å². The molecular weight excluding hydrogens is 236 g/mol. The number of aromatic nitrogens is 3. The SMILES string of the molecule is CCCn1ncnc1CNC1CCCCC1C(C)C. The Bertz CT molecular complexity index is 372. The van der Waals surface area contributed by atoms with Crippen molar-refractivity contribution >= 4 is 0 Å². The molecule has 0 aromatic carbocycles. The third kappa shape index (κ3) is 3.78. The number of aryl methyl sites for hydroxylation is 1. The molecule has 1 aromatic rings. The lowest BCUT2D eigenvalue weighted by atomic mass is 9.78. The molecule has 0 bridgehead atoms. The standard InChI is InChI=1S/C15H28N4/c1-4-9-19-15(17-11-18-19)10-16-14-8-6-5-7-13(14)12(2)3/h11-14,16H,4-10H2,1-3H3. The van der Waals surface area contributed by atoms with E-state index in [0.717, 1.165) is 37.2 Å². The molecule has 1 aromatic heterocycles. The molecule has 0 saturated heterocycles. The van der Waals surface area contributed by atoms with Crippen LogP contribution in [0.4, 0.5) is 0 Å². The molecular formula is C15H28N4. The van der Waals surface area contributed by atoms with Gasteiger partial charge in [-0.3, -0.25) is 0 Å². The van der Waals surface area contributed by atoms with Gasteiger partial charge in [-0.1, -0.05) is 33.6 Å². The van der Waals surface area contributed by atoms with Gasteiger partial charge in [-0.2, -0.15) is 5.10 Å². The minimum Gasteiger partial charge on any atom is -0.307 e. The van der Waals surface area contributed by atoms with E-state index in [1.54, 1.807) is 6.33 Å². The van der Waals surface area contributed by atoms with Gasteiger partial charge in [0.2, 0.25) is 0 Å². The lowest BCUT2D eigenvalue weighted by Crippen LogP contribution is -2.40. The fourth-order valence-electron chi connectivity index (χ4n) is 3.26. The number of rotatable bonds is 6. The van der Waals surface area contributed by atoms with Crippen LogP contribution < -0.4 is 5.32 Å². The number of hydrogen-bond acceptors (Lipinski definition) is 3. The van der Waals surface area contributed by atoms with Crippen LogP contribution in [0, 0.1) is 11.8 Å². The van der Waals surface area contributed by atoms with Crippen LogP contribution in [0.5, 0.6) is 0 Å². The quantitative estimate of drug-likeness (QED) is 0.859. The first-order valence-electron chi connectivity index (χ1n) is 7.82. The first-order chi connectivity index (χ1) is 9.22. The van der Waals surface area contributed by atoms with Crippen molar-refractivity contribution in [3.8, 4) is 0 Å². The van der Waals surface area contributed by atoms with Crippen molar-refractivity contribution < 1.29 is 0 Å². The van der Waals surface area contributed by atoms with Crippen molar-refractivity contribution in [3.05, 3.63) is 12.2 Å². The monoisotopic (exact) mass is 264 g/mol. The Morgan fingerprint density at radius 1 is 1.37 bits per heavy atom. The molecule has 1 aliphatic rings. The highest BCUT2D eigenvalue weighted by Gasteiger charge is 2.27. The summed E-state index contributed by atoms with van der Waals surface area (Å²) >= 11 is 0. The van der Waals surface area contributed by atoms with Gasteiger partial charge in [0.15, 0.2) is 0 Å². The van der Waals surface area contributed by atoms with Gasteiger partial charge >= 0.3 is 0 Å². The van der Waals surface area contributed by atoms with E-state index in [1.165, 1.54) is 25.7 Å². The Labute approximate surface area is 117 Å². The minimum atomic E-state index is 0.653. The third-order valence-corrected chi connectivity index (χ3v) is 4.33. The summed E-state index contributed by atoms with van der Waals surface area (Å²) in [6.45, 7) is 8.70. The van der Waals surface area contributed by atoms with Crippen molar-refractivity contribution in [1.29, 1.82) is 0 Å². The van der Waals surface area contributed by atoms with Gasteiger partial charge in [0.05, 0.1) is 6.54 Å². The zero-order valence-electron chi connectivity index (χ0n) is 12.6. The summed E-state index contributed by atoms with van der Waals surface area (Å²) in [4.78, 5) is 4.38. The number of nitrogens with zero attached hydrogens (tertiary/aromatic N) is 3. The molecule has 1 fully saturated rings. The Morgan fingerprint density at radius 3 is 2.89 bits per heavy atom. The van der Waals surface area contributed by atoms with E-state index in [0.29, 0.717) is 6.04 Å². The maximum Gasteiger partial charge on any atom is 0.140 e. The summed E-state index contributed by atoms with van der Waals surface area (Å²) in [5.74, 6) is 2.66. The van der Waals surface area contributed by atoms with Gasteiger partial charge in [-0.25, -0.2) is 9.67 Å². The third-order valence-electron chi connectivity index (χ3n) is 4.33. The molecule has 0 amide bonds. The van der Waals surface area contributed by atoms with Crippen LogP contribution in [0.2, 0.25) is 0 Å². The maximum absolute atomic E-state index is 4.38. The average molecular weight is 264 g/mol. The summed E-state index contributed by atoms with van der Waals surface area (Å²) in [6, 6.07) is 0.653. The predicted octanol–water partition coefficient (Wildman–Crippen LogP) is 2.99. The molecule has 4 nitrogen and oxygen atoms in total. The zero-order valence-corrected chi connectivity index (χ0v) is 12.6. The van der Waals surface area contributed by atoms with E-state index in [1.807, 2.05) is 4.68 Å². The smallest absolute Gasteiger partial charge is 0.140 e.